The van der Waals surface area contributed by atoms with Crippen LogP contribution in [-0.2, 0) is 14.6 Å². The molecule has 0 bridgehead atoms. The van der Waals surface area contributed by atoms with Crippen molar-refractivity contribution < 1.29 is 13.2 Å². The van der Waals surface area contributed by atoms with Crippen molar-refractivity contribution in [2.75, 3.05) is 18.1 Å². The fourth-order valence-corrected chi connectivity index (χ4v) is 6.21. The van der Waals surface area contributed by atoms with Gasteiger partial charge >= 0.3 is 0 Å². The van der Waals surface area contributed by atoms with Crippen molar-refractivity contribution in [3.63, 3.8) is 0 Å². The standard InChI is InChI=1S/C19H27NO3S/c1-2-17(16-7-4-3-5-8-16)18-9-6-11-20(18)19(21)13-15-10-12-24(22,23)14-15/h3-5,7-8,15,17-18H,2,6,9-14H2,1H3/t15-,17-,18-/m1/s1. The van der Waals surface area contributed by atoms with E-state index in [2.05, 4.69) is 31.2 Å². The molecule has 3 rings (SSSR count). The second-order valence-electron chi connectivity index (χ2n) is 7.20. The monoisotopic (exact) mass is 349 g/mol. The van der Waals surface area contributed by atoms with Crippen molar-refractivity contribution in [3.05, 3.63) is 35.9 Å². The van der Waals surface area contributed by atoms with Crippen LogP contribution < -0.4 is 0 Å². The van der Waals surface area contributed by atoms with Crippen molar-refractivity contribution in [2.45, 2.75) is 51.0 Å². The summed E-state index contributed by atoms with van der Waals surface area (Å²) in [6.07, 6.45) is 4.13. The topological polar surface area (TPSA) is 54.5 Å². The van der Waals surface area contributed by atoms with Crippen LogP contribution in [0, 0.1) is 5.92 Å². The summed E-state index contributed by atoms with van der Waals surface area (Å²) in [7, 11) is -2.91. The predicted molar refractivity (Wildman–Crippen MR) is 95.6 cm³/mol. The van der Waals surface area contributed by atoms with Gasteiger partial charge in [0.15, 0.2) is 9.84 Å². The maximum Gasteiger partial charge on any atom is 0.223 e. The third-order valence-corrected chi connectivity index (χ3v) is 7.38. The lowest BCUT2D eigenvalue weighted by atomic mass is 9.87. The van der Waals surface area contributed by atoms with Gasteiger partial charge in [-0.15, -0.1) is 0 Å². The highest BCUT2D eigenvalue weighted by Gasteiger charge is 2.37. The summed E-state index contributed by atoms with van der Waals surface area (Å²) in [5, 5.41) is 0. The number of rotatable bonds is 5. The lowest BCUT2D eigenvalue weighted by Crippen LogP contribution is -2.40. The van der Waals surface area contributed by atoms with E-state index in [1.165, 1.54) is 5.56 Å². The zero-order chi connectivity index (χ0) is 17.2. The first-order valence-electron chi connectivity index (χ1n) is 9.05. The average Bonchev–Trinajstić information content (AvgIpc) is 3.16. The molecule has 132 valence electrons. The van der Waals surface area contributed by atoms with Crippen LogP contribution in [-0.4, -0.2) is 43.3 Å². The van der Waals surface area contributed by atoms with Gasteiger partial charge in [-0.25, -0.2) is 8.42 Å². The summed E-state index contributed by atoms with van der Waals surface area (Å²) < 4.78 is 23.2. The molecule has 0 N–H and O–H groups in total. The van der Waals surface area contributed by atoms with Crippen molar-refractivity contribution >= 4 is 15.7 Å². The molecular weight excluding hydrogens is 322 g/mol. The Morgan fingerprint density at radius 1 is 1.25 bits per heavy atom. The van der Waals surface area contributed by atoms with Crippen LogP contribution in [0.1, 0.15) is 50.5 Å². The van der Waals surface area contributed by atoms with Gasteiger partial charge in [0.25, 0.3) is 0 Å². The quantitative estimate of drug-likeness (QED) is 0.821. The number of amides is 1. The Kier molecular flexibility index (Phi) is 5.28. The molecule has 4 nitrogen and oxygen atoms in total. The number of hydrogen-bond donors (Lipinski definition) is 0. The number of carbonyl (C=O) groups is 1. The van der Waals surface area contributed by atoms with Gasteiger partial charge in [-0.2, -0.15) is 0 Å². The Morgan fingerprint density at radius 2 is 2.00 bits per heavy atom. The molecule has 0 radical (unpaired) electrons. The number of likely N-dealkylation sites (tertiary alicyclic amines) is 1. The molecule has 0 unspecified atom stereocenters. The fourth-order valence-electron chi connectivity index (χ4n) is 4.35. The van der Waals surface area contributed by atoms with Gasteiger partial charge in [0.05, 0.1) is 11.5 Å². The van der Waals surface area contributed by atoms with Crippen LogP contribution in [0.5, 0.6) is 0 Å². The first kappa shape index (κ1) is 17.5. The molecule has 2 aliphatic heterocycles. The summed E-state index contributed by atoms with van der Waals surface area (Å²) in [4.78, 5) is 14.8. The van der Waals surface area contributed by atoms with E-state index in [1.807, 2.05) is 11.0 Å². The van der Waals surface area contributed by atoms with Gasteiger partial charge in [-0.3, -0.25) is 4.79 Å². The van der Waals surface area contributed by atoms with Gasteiger partial charge < -0.3 is 4.90 Å². The minimum atomic E-state index is -2.91. The molecule has 2 saturated heterocycles. The maximum absolute atomic E-state index is 12.8. The number of sulfone groups is 1. The highest BCUT2D eigenvalue weighted by molar-refractivity contribution is 7.91. The minimum absolute atomic E-state index is 0.0144. The maximum atomic E-state index is 12.8. The first-order chi connectivity index (χ1) is 11.5. The largest absolute Gasteiger partial charge is 0.339 e. The minimum Gasteiger partial charge on any atom is -0.339 e. The summed E-state index contributed by atoms with van der Waals surface area (Å²) >= 11 is 0. The highest BCUT2D eigenvalue weighted by atomic mass is 32.2. The van der Waals surface area contributed by atoms with Gasteiger partial charge in [0.1, 0.15) is 0 Å². The van der Waals surface area contributed by atoms with E-state index in [1.54, 1.807) is 0 Å². The van der Waals surface area contributed by atoms with Crippen LogP contribution in [0.4, 0.5) is 0 Å². The molecule has 1 aromatic rings. The van der Waals surface area contributed by atoms with Gasteiger partial charge in [0, 0.05) is 24.9 Å². The summed E-state index contributed by atoms with van der Waals surface area (Å²) in [5.74, 6) is 0.961. The van der Waals surface area contributed by atoms with Crippen LogP contribution in [0.15, 0.2) is 30.3 Å². The van der Waals surface area contributed by atoms with Crippen LogP contribution in [0.25, 0.3) is 0 Å². The molecule has 0 aliphatic carbocycles. The molecule has 1 aromatic carbocycles. The van der Waals surface area contributed by atoms with E-state index >= 15 is 0 Å². The zero-order valence-electron chi connectivity index (χ0n) is 14.4. The van der Waals surface area contributed by atoms with E-state index in [9.17, 15) is 13.2 Å². The molecule has 2 aliphatic rings. The zero-order valence-corrected chi connectivity index (χ0v) is 15.2. The summed E-state index contributed by atoms with van der Waals surface area (Å²) in [5.41, 5.74) is 1.30. The molecule has 24 heavy (non-hydrogen) atoms. The Balaban J connectivity index is 1.69. The molecule has 3 atom stereocenters. The molecule has 0 spiro atoms. The third-order valence-electron chi connectivity index (χ3n) is 5.54. The lowest BCUT2D eigenvalue weighted by molar-refractivity contribution is -0.133. The Labute approximate surface area is 145 Å². The first-order valence-corrected chi connectivity index (χ1v) is 10.9. The van der Waals surface area contributed by atoms with Crippen LogP contribution in [0.2, 0.25) is 0 Å². The molecule has 0 saturated carbocycles. The van der Waals surface area contributed by atoms with Crippen LogP contribution >= 0.6 is 0 Å². The second kappa shape index (κ2) is 7.26. The lowest BCUT2D eigenvalue weighted by Gasteiger charge is -2.32. The smallest absolute Gasteiger partial charge is 0.223 e. The molecule has 1 amide bonds. The number of nitrogens with zero attached hydrogens (tertiary/aromatic N) is 1. The molecule has 2 heterocycles. The summed E-state index contributed by atoms with van der Waals surface area (Å²) in [6, 6.07) is 10.7. The van der Waals surface area contributed by atoms with Gasteiger partial charge in [-0.1, -0.05) is 37.3 Å². The Bertz CT molecular complexity index is 671. The van der Waals surface area contributed by atoms with E-state index in [0.29, 0.717) is 18.8 Å². The molecule has 5 heteroatoms. The van der Waals surface area contributed by atoms with E-state index in [-0.39, 0.29) is 29.4 Å². The van der Waals surface area contributed by atoms with Crippen molar-refractivity contribution in [3.8, 4) is 0 Å². The average molecular weight is 349 g/mol. The summed E-state index contributed by atoms with van der Waals surface area (Å²) in [6.45, 7) is 2.99. The number of hydrogen-bond acceptors (Lipinski definition) is 3. The fraction of sp³-hybridized carbons (Fsp3) is 0.632. The SMILES string of the molecule is CC[C@H](c1ccccc1)[C@H]1CCCN1C(=O)C[C@H]1CCS(=O)(=O)C1. The molecule has 0 aromatic heterocycles. The second-order valence-corrected chi connectivity index (χ2v) is 9.42. The highest BCUT2D eigenvalue weighted by Crippen LogP contribution is 2.34. The Hall–Kier alpha value is -1.36. The van der Waals surface area contributed by atoms with E-state index < -0.39 is 9.84 Å². The normalized spacial score (nSPS) is 27.3. The Morgan fingerprint density at radius 3 is 2.62 bits per heavy atom. The van der Waals surface area contributed by atoms with E-state index in [4.69, 9.17) is 0 Å². The van der Waals surface area contributed by atoms with Crippen molar-refractivity contribution in [1.82, 2.24) is 4.90 Å². The third kappa shape index (κ3) is 3.82. The number of carbonyl (C=O) groups excluding carboxylic acids is 1. The van der Waals surface area contributed by atoms with Gasteiger partial charge in [0.2, 0.25) is 5.91 Å². The van der Waals surface area contributed by atoms with Crippen LogP contribution in [0.3, 0.4) is 0 Å². The predicted octanol–water partition coefficient (Wildman–Crippen LogP) is 3.00. The molecular formula is C19H27NO3S. The van der Waals surface area contributed by atoms with Crippen molar-refractivity contribution in [2.24, 2.45) is 5.92 Å². The van der Waals surface area contributed by atoms with Gasteiger partial charge in [-0.05, 0) is 37.2 Å². The van der Waals surface area contributed by atoms with E-state index in [0.717, 1.165) is 25.8 Å². The number of benzene rings is 1. The van der Waals surface area contributed by atoms with Crippen molar-refractivity contribution in [1.29, 1.82) is 0 Å². The molecule has 2 fully saturated rings.